The van der Waals surface area contributed by atoms with Crippen molar-refractivity contribution in [2.75, 3.05) is 37.4 Å². The highest BCUT2D eigenvalue weighted by Gasteiger charge is 2.53. The van der Waals surface area contributed by atoms with Crippen molar-refractivity contribution >= 4 is 22.4 Å². The van der Waals surface area contributed by atoms with E-state index >= 15 is 0 Å². The molecule has 3 heterocycles. The molecule has 1 aromatic carbocycles. The second-order valence-electron chi connectivity index (χ2n) is 10.5. The fourth-order valence-electron chi connectivity index (χ4n) is 5.64. The van der Waals surface area contributed by atoms with Crippen molar-refractivity contribution in [3.63, 3.8) is 0 Å². The van der Waals surface area contributed by atoms with Crippen LogP contribution in [0.15, 0.2) is 30.5 Å². The molecule has 186 valence electrons. The number of nitrogens with zero attached hydrogens (tertiary/aromatic N) is 5. The van der Waals surface area contributed by atoms with E-state index in [0.29, 0.717) is 22.8 Å². The van der Waals surface area contributed by atoms with Crippen LogP contribution < -0.4 is 10.2 Å². The summed E-state index contributed by atoms with van der Waals surface area (Å²) in [6, 6.07) is 6.59. The minimum absolute atomic E-state index is 0.217. The highest BCUT2D eigenvalue weighted by Crippen LogP contribution is 2.51. The van der Waals surface area contributed by atoms with Crippen LogP contribution in [-0.4, -0.2) is 53.3 Å². The van der Waals surface area contributed by atoms with Crippen molar-refractivity contribution in [3.05, 3.63) is 52.8 Å². The SMILES string of the molecule is Cc1c([C@@H](C)Nc2nnc(C)c3cnc(N4CC5(CC(N(C)C)C5)C4)cc23)cccc1C(F)(F)F. The molecule has 0 bridgehead atoms. The Hall–Kier alpha value is -2.94. The number of halogens is 3. The largest absolute Gasteiger partial charge is 0.416 e. The lowest BCUT2D eigenvalue weighted by molar-refractivity contribution is -0.138. The maximum absolute atomic E-state index is 13.4. The van der Waals surface area contributed by atoms with Crippen LogP contribution in [0.25, 0.3) is 10.8 Å². The summed E-state index contributed by atoms with van der Waals surface area (Å²) in [7, 11) is 4.28. The molecule has 2 fully saturated rings. The molecule has 1 saturated heterocycles. The number of aryl methyl sites for hydroxylation is 1. The van der Waals surface area contributed by atoms with E-state index in [2.05, 4.69) is 39.4 Å². The molecular formula is C26H31F3N6. The van der Waals surface area contributed by atoms with E-state index < -0.39 is 11.7 Å². The number of rotatable bonds is 5. The van der Waals surface area contributed by atoms with Gasteiger partial charge in [0.2, 0.25) is 0 Å². The Morgan fingerprint density at radius 2 is 1.83 bits per heavy atom. The van der Waals surface area contributed by atoms with Gasteiger partial charge < -0.3 is 15.1 Å². The molecule has 3 aromatic rings. The minimum Gasteiger partial charge on any atom is -0.362 e. The predicted octanol–water partition coefficient (Wildman–Crippen LogP) is 5.36. The zero-order valence-electron chi connectivity index (χ0n) is 20.7. The van der Waals surface area contributed by atoms with Gasteiger partial charge in [-0.2, -0.15) is 18.3 Å². The Morgan fingerprint density at radius 3 is 2.49 bits per heavy atom. The van der Waals surface area contributed by atoms with Gasteiger partial charge in [0, 0.05) is 41.5 Å². The standard InChI is InChI=1S/C26H31F3N6/c1-15-19(7-6-8-22(15)26(27,28)29)16(2)31-24-20-9-23(30-12-21(20)17(3)32-33-24)35-13-25(14-35)10-18(11-25)34(4)5/h6-9,12,16,18H,10-11,13-14H2,1-5H3,(H,31,33)/t16-/m1/s1. The first kappa shape index (κ1) is 23.8. The second kappa shape index (κ2) is 8.33. The first-order valence-corrected chi connectivity index (χ1v) is 12.0. The van der Waals surface area contributed by atoms with Crippen LogP contribution in [0.1, 0.15) is 48.2 Å². The Balaban J connectivity index is 1.40. The number of nitrogens with one attached hydrogen (secondary N) is 1. The zero-order valence-corrected chi connectivity index (χ0v) is 20.7. The molecule has 0 radical (unpaired) electrons. The molecule has 1 aliphatic heterocycles. The first-order valence-electron chi connectivity index (χ1n) is 12.0. The molecule has 0 unspecified atom stereocenters. The molecule has 1 atom stereocenters. The molecule has 5 rings (SSSR count). The fourth-order valence-corrected chi connectivity index (χ4v) is 5.64. The number of alkyl halides is 3. The molecular weight excluding hydrogens is 453 g/mol. The molecule has 2 aromatic heterocycles. The summed E-state index contributed by atoms with van der Waals surface area (Å²) < 4.78 is 40.3. The Kier molecular flexibility index (Phi) is 5.66. The number of fused-ring (bicyclic) bond motifs is 1. The Morgan fingerprint density at radius 1 is 1.11 bits per heavy atom. The molecule has 1 saturated carbocycles. The molecule has 0 amide bonds. The quantitative estimate of drug-likeness (QED) is 0.526. The summed E-state index contributed by atoms with van der Waals surface area (Å²) in [5, 5.41) is 13.7. The lowest BCUT2D eigenvalue weighted by Gasteiger charge is -2.60. The minimum atomic E-state index is -4.39. The topological polar surface area (TPSA) is 57.2 Å². The van der Waals surface area contributed by atoms with E-state index in [9.17, 15) is 13.2 Å². The van der Waals surface area contributed by atoms with Crippen LogP contribution in [0.3, 0.4) is 0 Å². The van der Waals surface area contributed by atoms with Crippen LogP contribution in [0, 0.1) is 19.3 Å². The molecule has 1 N–H and O–H groups in total. The van der Waals surface area contributed by atoms with Crippen LogP contribution >= 0.6 is 0 Å². The smallest absolute Gasteiger partial charge is 0.362 e. The van der Waals surface area contributed by atoms with Crippen LogP contribution in [0.2, 0.25) is 0 Å². The van der Waals surface area contributed by atoms with Gasteiger partial charge in [-0.3, -0.25) is 0 Å². The molecule has 35 heavy (non-hydrogen) atoms. The van der Waals surface area contributed by atoms with Crippen molar-refractivity contribution < 1.29 is 13.2 Å². The van der Waals surface area contributed by atoms with Crippen molar-refractivity contribution in [3.8, 4) is 0 Å². The summed E-state index contributed by atoms with van der Waals surface area (Å²) in [6.07, 6.45) is -0.128. The van der Waals surface area contributed by atoms with Crippen molar-refractivity contribution in [2.45, 2.75) is 51.9 Å². The lowest BCUT2D eigenvalue weighted by atomic mass is 9.60. The van der Waals surface area contributed by atoms with E-state index in [1.54, 1.807) is 6.07 Å². The maximum atomic E-state index is 13.4. The van der Waals surface area contributed by atoms with Gasteiger partial charge in [-0.05, 0) is 71.0 Å². The third-order valence-corrected chi connectivity index (χ3v) is 7.78. The number of aromatic nitrogens is 3. The molecule has 2 aliphatic rings. The van der Waals surface area contributed by atoms with Crippen molar-refractivity contribution in [1.29, 1.82) is 0 Å². The van der Waals surface area contributed by atoms with Gasteiger partial charge in [0.15, 0.2) is 5.82 Å². The van der Waals surface area contributed by atoms with E-state index in [-0.39, 0.29) is 11.6 Å². The highest BCUT2D eigenvalue weighted by atomic mass is 19.4. The van der Waals surface area contributed by atoms with Gasteiger partial charge >= 0.3 is 6.18 Å². The Labute approximate surface area is 203 Å². The second-order valence-corrected chi connectivity index (χ2v) is 10.5. The zero-order chi connectivity index (χ0) is 25.1. The number of anilines is 2. The summed E-state index contributed by atoms with van der Waals surface area (Å²) in [4.78, 5) is 9.29. The summed E-state index contributed by atoms with van der Waals surface area (Å²) in [5.41, 5.74) is 1.34. The summed E-state index contributed by atoms with van der Waals surface area (Å²) >= 11 is 0. The third-order valence-electron chi connectivity index (χ3n) is 7.78. The number of hydrogen-bond donors (Lipinski definition) is 1. The van der Waals surface area contributed by atoms with E-state index in [0.717, 1.165) is 41.4 Å². The van der Waals surface area contributed by atoms with Gasteiger partial charge in [-0.15, -0.1) is 5.10 Å². The van der Waals surface area contributed by atoms with E-state index in [4.69, 9.17) is 4.98 Å². The van der Waals surface area contributed by atoms with Gasteiger partial charge in [0.25, 0.3) is 0 Å². The van der Waals surface area contributed by atoms with E-state index in [1.165, 1.54) is 25.8 Å². The maximum Gasteiger partial charge on any atom is 0.416 e. The lowest BCUT2D eigenvalue weighted by Crippen LogP contribution is -2.66. The van der Waals surface area contributed by atoms with Gasteiger partial charge in [0.1, 0.15) is 5.82 Å². The number of benzene rings is 1. The average Bonchev–Trinajstić information content (AvgIpc) is 2.73. The molecule has 6 nitrogen and oxygen atoms in total. The van der Waals surface area contributed by atoms with Crippen LogP contribution in [-0.2, 0) is 6.18 Å². The van der Waals surface area contributed by atoms with Crippen molar-refractivity contribution in [2.24, 2.45) is 5.41 Å². The normalized spacial score (nSPS) is 18.6. The fraction of sp³-hybridized carbons (Fsp3) is 0.500. The molecule has 9 heteroatoms. The average molecular weight is 485 g/mol. The van der Waals surface area contributed by atoms with Crippen molar-refractivity contribution in [1.82, 2.24) is 20.1 Å². The highest BCUT2D eigenvalue weighted by molar-refractivity contribution is 5.94. The number of hydrogen-bond acceptors (Lipinski definition) is 6. The summed E-state index contributed by atoms with van der Waals surface area (Å²) in [6.45, 7) is 7.23. The molecule has 1 spiro atoms. The number of pyridine rings is 1. The van der Waals surface area contributed by atoms with Crippen LogP contribution in [0.5, 0.6) is 0 Å². The molecule has 1 aliphatic carbocycles. The summed E-state index contributed by atoms with van der Waals surface area (Å²) in [5.74, 6) is 1.44. The van der Waals surface area contributed by atoms with E-state index in [1.807, 2.05) is 26.1 Å². The van der Waals surface area contributed by atoms with Gasteiger partial charge in [-0.25, -0.2) is 4.98 Å². The van der Waals surface area contributed by atoms with Crippen LogP contribution in [0.4, 0.5) is 24.8 Å². The van der Waals surface area contributed by atoms with Gasteiger partial charge in [0.05, 0.1) is 17.3 Å². The van der Waals surface area contributed by atoms with Gasteiger partial charge in [-0.1, -0.05) is 12.1 Å². The first-order chi connectivity index (χ1) is 16.5. The monoisotopic (exact) mass is 484 g/mol. The predicted molar refractivity (Wildman–Crippen MR) is 132 cm³/mol. The Bertz CT molecular complexity index is 1260. The third kappa shape index (κ3) is 4.20.